The number of hydrogen-bond acceptors (Lipinski definition) is 5. The average molecular weight is 712 g/mol. The van der Waals surface area contributed by atoms with E-state index in [0.29, 0.717) is 31.1 Å². The van der Waals surface area contributed by atoms with Crippen molar-refractivity contribution >= 4 is 44.2 Å². The second kappa shape index (κ2) is 13.3. The minimum atomic E-state index is -3.94. The molecule has 220 valence electrons. The molecule has 0 spiro atoms. The third kappa shape index (κ3) is 7.37. The summed E-state index contributed by atoms with van der Waals surface area (Å²) in [6.07, 6.45) is 6.18. The Bertz CT molecular complexity index is 1520. The molecular formula is C29H35ClIN5O4S. The zero-order valence-electron chi connectivity index (χ0n) is 23.1. The molecule has 0 saturated carbocycles. The molecule has 2 fully saturated rings. The Hall–Kier alpha value is -2.32. The number of pyridine rings is 1. The second-order valence-corrected chi connectivity index (χ2v) is 12.9. The van der Waals surface area contributed by atoms with Gasteiger partial charge in [0, 0.05) is 49.4 Å². The smallest absolute Gasteiger partial charge is 0.245 e. The number of carbonyl (C=O) groups excluding carboxylic acids is 2. The van der Waals surface area contributed by atoms with Crippen molar-refractivity contribution in [1.82, 2.24) is 19.8 Å². The maximum absolute atomic E-state index is 13.4. The van der Waals surface area contributed by atoms with Gasteiger partial charge < -0.3 is 39.1 Å². The van der Waals surface area contributed by atoms with Crippen molar-refractivity contribution in [1.29, 1.82) is 0 Å². The molecule has 41 heavy (non-hydrogen) atoms. The van der Waals surface area contributed by atoms with E-state index in [4.69, 9.17) is 11.6 Å². The van der Waals surface area contributed by atoms with Crippen LogP contribution in [0.5, 0.6) is 0 Å². The highest BCUT2D eigenvalue weighted by atomic mass is 127. The number of likely N-dealkylation sites (tertiary alicyclic amines) is 2. The van der Waals surface area contributed by atoms with Gasteiger partial charge in [-0.25, -0.2) is 13.0 Å². The van der Waals surface area contributed by atoms with E-state index in [2.05, 4.69) is 22.2 Å². The number of hydrogen-bond donors (Lipinski definition) is 2. The number of nitrogens with zero attached hydrogens (tertiary/aromatic N) is 3. The van der Waals surface area contributed by atoms with E-state index in [9.17, 15) is 18.0 Å². The maximum Gasteiger partial charge on any atom is 0.245 e. The molecule has 2 saturated heterocycles. The van der Waals surface area contributed by atoms with Crippen molar-refractivity contribution in [2.24, 2.45) is 7.05 Å². The van der Waals surface area contributed by atoms with Gasteiger partial charge in [-0.05, 0) is 66.8 Å². The Morgan fingerprint density at radius 3 is 2.54 bits per heavy atom. The van der Waals surface area contributed by atoms with Crippen LogP contribution < -0.4 is 38.6 Å². The van der Waals surface area contributed by atoms with E-state index in [1.54, 1.807) is 37.3 Å². The van der Waals surface area contributed by atoms with Crippen molar-refractivity contribution in [2.75, 3.05) is 19.6 Å². The highest BCUT2D eigenvalue weighted by Crippen LogP contribution is 2.24. The van der Waals surface area contributed by atoms with Crippen molar-refractivity contribution in [3.05, 3.63) is 71.5 Å². The van der Waals surface area contributed by atoms with Crippen LogP contribution in [0.15, 0.2) is 65.8 Å². The van der Waals surface area contributed by atoms with Gasteiger partial charge in [-0.2, -0.15) is 4.72 Å². The Morgan fingerprint density at radius 1 is 1.07 bits per heavy atom. The first kappa shape index (κ1) is 31.6. The molecule has 2 aliphatic heterocycles. The molecule has 2 N–H and O–H groups in total. The predicted molar refractivity (Wildman–Crippen MR) is 153 cm³/mol. The fourth-order valence-corrected chi connectivity index (χ4v) is 6.91. The largest absolute Gasteiger partial charge is 1.00 e. The van der Waals surface area contributed by atoms with Crippen molar-refractivity contribution in [2.45, 2.75) is 55.8 Å². The summed E-state index contributed by atoms with van der Waals surface area (Å²) in [5.74, 6) is -0.482. The Labute approximate surface area is 263 Å². The summed E-state index contributed by atoms with van der Waals surface area (Å²) in [5.41, 5.74) is 1.18. The van der Waals surface area contributed by atoms with E-state index in [-0.39, 0.29) is 46.7 Å². The minimum absolute atomic E-state index is 0. The summed E-state index contributed by atoms with van der Waals surface area (Å²) < 4.78 is 30.8. The molecule has 2 aromatic carbocycles. The maximum atomic E-state index is 13.4. The number of aromatic nitrogens is 1. The number of sulfonamides is 1. The third-order valence-electron chi connectivity index (χ3n) is 7.82. The molecule has 3 atom stereocenters. The van der Waals surface area contributed by atoms with Crippen LogP contribution in [0.3, 0.4) is 0 Å². The van der Waals surface area contributed by atoms with E-state index in [1.807, 2.05) is 28.9 Å². The van der Waals surface area contributed by atoms with Gasteiger partial charge >= 0.3 is 0 Å². The molecule has 3 heterocycles. The van der Waals surface area contributed by atoms with Gasteiger partial charge in [0.2, 0.25) is 21.8 Å². The molecule has 2 amide bonds. The van der Waals surface area contributed by atoms with Crippen LogP contribution in [0.1, 0.15) is 31.7 Å². The molecule has 5 rings (SSSR count). The standard InChI is InChI=1S/C29H35ClN5O4S.HI/c1-20(28(36)34-12-3-4-25(19-34)31-18-21-9-13-33(2)14-10-21)35-15-11-27(29(35)37)32-40(38,39)26-8-6-22-16-24(30)7-5-23(22)17-26;/h5-10,13-14,16-17,20,25,27,31-32H,3-4,11-12,15,18-19H2,1-2H3;1H/q+1;/p-1/t20-,25?,27-;/m0./s1. The minimum Gasteiger partial charge on any atom is -1.00 e. The molecule has 0 bridgehead atoms. The fourth-order valence-electron chi connectivity index (χ4n) is 5.47. The quantitative estimate of drug-likeness (QED) is 0.240. The van der Waals surface area contributed by atoms with Gasteiger partial charge in [0.25, 0.3) is 0 Å². The Morgan fingerprint density at radius 2 is 1.78 bits per heavy atom. The summed E-state index contributed by atoms with van der Waals surface area (Å²) in [4.78, 5) is 30.0. The van der Waals surface area contributed by atoms with Crippen molar-refractivity contribution < 1.29 is 46.6 Å². The van der Waals surface area contributed by atoms with E-state index in [1.165, 1.54) is 16.5 Å². The SMILES string of the molecule is C[C@@H](C(=O)N1CCCC(NCc2cc[n+](C)cc2)C1)N1CC[C@H](NS(=O)(=O)c2ccc3cc(Cl)ccc3c2)C1=O.[I-]. The zero-order chi connectivity index (χ0) is 28.4. The first-order valence-electron chi connectivity index (χ1n) is 13.6. The van der Waals surface area contributed by atoms with E-state index >= 15 is 0 Å². The van der Waals surface area contributed by atoms with Crippen LogP contribution in [0.4, 0.5) is 0 Å². The average Bonchev–Trinajstić information content (AvgIpc) is 3.30. The predicted octanol–water partition coefficient (Wildman–Crippen LogP) is -0.630. The van der Waals surface area contributed by atoms with Gasteiger partial charge in [0.1, 0.15) is 19.1 Å². The lowest BCUT2D eigenvalue weighted by molar-refractivity contribution is -0.671. The number of nitrogens with one attached hydrogen (secondary N) is 2. The van der Waals surface area contributed by atoms with Crippen molar-refractivity contribution in [3.8, 4) is 0 Å². The number of amides is 2. The number of carbonyl (C=O) groups is 2. The summed E-state index contributed by atoms with van der Waals surface area (Å²) in [6.45, 7) is 3.99. The second-order valence-electron chi connectivity index (χ2n) is 10.7. The van der Waals surface area contributed by atoms with Gasteiger partial charge in [-0.1, -0.05) is 23.7 Å². The first-order valence-corrected chi connectivity index (χ1v) is 15.5. The van der Waals surface area contributed by atoms with Crippen LogP contribution in [-0.2, 0) is 33.2 Å². The van der Waals surface area contributed by atoms with Gasteiger partial charge in [-0.3, -0.25) is 9.59 Å². The number of benzene rings is 2. The molecule has 12 heteroatoms. The Balaban J connectivity index is 0.00000387. The van der Waals surface area contributed by atoms with Gasteiger partial charge in [-0.15, -0.1) is 0 Å². The molecule has 0 aliphatic carbocycles. The van der Waals surface area contributed by atoms with Crippen molar-refractivity contribution in [3.63, 3.8) is 0 Å². The van der Waals surface area contributed by atoms with Crippen LogP contribution >= 0.6 is 11.6 Å². The van der Waals surface area contributed by atoms with Gasteiger partial charge in [0.05, 0.1) is 4.90 Å². The monoisotopic (exact) mass is 711 g/mol. The first-order chi connectivity index (χ1) is 19.1. The van der Waals surface area contributed by atoms with Crippen LogP contribution in [0, 0.1) is 0 Å². The third-order valence-corrected chi connectivity index (χ3v) is 9.53. The summed E-state index contributed by atoms with van der Waals surface area (Å²) in [5, 5.41) is 5.68. The number of halogens is 2. The molecule has 1 aromatic heterocycles. The summed E-state index contributed by atoms with van der Waals surface area (Å²) in [6, 6.07) is 12.7. The molecule has 2 aliphatic rings. The van der Waals surface area contributed by atoms with Gasteiger partial charge in [0.15, 0.2) is 12.4 Å². The molecular weight excluding hydrogens is 677 g/mol. The van der Waals surface area contributed by atoms with Crippen LogP contribution in [-0.4, -0.2) is 67.8 Å². The lowest BCUT2D eigenvalue weighted by atomic mass is 10.0. The van der Waals surface area contributed by atoms with Crippen LogP contribution in [0.2, 0.25) is 5.02 Å². The normalized spacial score (nSPS) is 20.2. The molecule has 3 aromatic rings. The summed E-state index contributed by atoms with van der Waals surface area (Å²) in [7, 11) is -1.96. The number of fused-ring (bicyclic) bond motifs is 1. The Kier molecular flexibility index (Phi) is 10.3. The number of rotatable bonds is 8. The molecule has 1 unspecified atom stereocenters. The molecule has 9 nitrogen and oxygen atoms in total. The number of piperidine rings is 1. The summed E-state index contributed by atoms with van der Waals surface area (Å²) >= 11 is 6.03. The lowest BCUT2D eigenvalue weighted by Gasteiger charge is -2.36. The highest BCUT2D eigenvalue weighted by molar-refractivity contribution is 7.89. The van der Waals surface area contributed by atoms with Crippen LogP contribution in [0.25, 0.3) is 10.8 Å². The van der Waals surface area contributed by atoms with E-state index in [0.717, 1.165) is 30.2 Å². The fraction of sp³-hybridized carbons (Fsp3) is 0.414. The number of aryl methyl sites for hydroxylation is 1. The zero-order valence-corrected chi connectivity index (χ0v) is 26.8. The lowest BCUT2D eigenvalue weighted by Crippen LogP contribution is -3.00. The topological polar surface area (TPSA) is 103 Å². The van der Waals surface area contributed by atoms with E-state index < -0.39 is 22.1 Å². The highest BCUT2D eigenvalue weighted by Gasteiger charge is 2.40. The molecule has 0 radical (unpaired) electrons.